The monoisotopic (exact) mass is 317 g/mol. The molecule has 0 fully saturated rings. The molecular formula is C17H23N3OS. The lowest BCUT2D eigenvalue weighted by Gasteiger charge is -2.13. The van der Waals surface area contributed by atoms with Crippen molar-refractivity contribution in [3.05, 3.63) is 51.5 Å². The molecule has 2 rings (SSSR count). The zero-order valence-electron chi connectivity index (χ0n) is 13.6. The number of nitrogens with one attached hydrogen (secondary N) is 1. The molecule has 0 spiro atoms. The van der Waals surface area contributed by atoms with Crippen molar-refractivity contribution in [2.24, 2.45) is 0 Å². The smallest absolute Gasteiger partial charge is 0.253 e. The Morgan fingerprint density at radius 3 is 2.82 bits per heavy atom. The average molecular weight is 317 g/mol. The van der Waals surface area contributed by atoms with Crippen LogP contribution < -0.4 is 5.32 Å². The lowest BCUT2D eigenvalue weighted by atomic mass is 10.1. The number of nitrogens with zero attached hydrogens (tertiary/aromatic N) is 2. The first-order valence-electron chi connectivity index (χ1n) is 7.49. The van der Waals surface area contributed by atoms with Gasteiger partial charge in [0.1, 0.15) is 0 Å². The molecule has 0 unspecified atom stereocenters. The molecule has 22 heavy (non-hydrogen) atoms. The van der Waals surface area contributed by atoms with Gasteiger partial charge in [0.2, 0.25) is 0 Å². The molecule has 0 bridgehead atoms. The highest BCUT2D eigenvalue weighted by Gasteiger charge is 2.11. The van der Waals surface area contributed by atoms with E-state index in [1.165, 1.54) is 5.01 Å². The number of aryl methyl sites for hydroxylation is 1. The Morgan fingerprint density at radius 2 is 2.18 bits per heavy atom. The Hall–Kier alpha value is -1.72. The van der Waals surface area contributed by atoms with Crippen molar-refractivity contribution in [1.82, 2.24) is 15.2 Å². The van der Waals surface area contributed by atoms with Crippen molar-refractivity contribution in [2.45, 2.75) is 32.9 Å². The summed E-state index contributed by atoms with van der Waals surface area (Å²) in [6.07, 6.45) is 0.978. The summed E-state index contributed by atoms with van der Waals surface area (Å²) in [7, 11) is 3.53. The number of amides is 1. The lowest BCUT2D eigenvalue weighted by Crippen LogP contribution is -2.22. The van der Waals surface area contributed by atoms with E-state index in [9.17, 15) is 4.79 Å². The number of aromatic nitrogens is 1. The maximum atomic E-state index is 12.0. The quantitative estimate of drug-likeness (QED) is 0.889. The first-order chi connectivity index (χ1) is 10.5. The first-order valence-corrected chi connectivity index (χ1v) is 8.37. The minimum atomic E-state index is 0.0296. The van der Waals surface area contributed by atoms with Crippen molar-refractivity contribution in [3.63, 3.8) is 0 Å². The van der Waals surface area contributed by atoms with Gasteiger partial charge in [0.15, 0.2) is 0 Å². The second-order valence-corrected chi connectivity index (χ2v) is 6.46. The van der Waals surface area contributed by atoms with Crippen molar-refractivity contribution >= 4 is 17.2 Å². The van der Waals surface area contributed by atoms with E-state index in [-0.39, 0.29) is 11.9 Å². The van der Waals surface area contributed by atoms with Crippen LogP contribution in [0, 0.1) is 0 Å². The standard InChI is InChI=1S/C17H23N3OS/c1-5-16-19-15(11-22-16)12(2)18-10-13-7-6-8-14(9-13)17(21)20(3)4/h6-9,11-12,18H,5,10H2,1-4H3/t12-/m0/s1. The molecule has 0 saturated carbocycles. The normalized spacial score (nSPS) is 12.2. The predicted molar refractivity (Wildman–Crippen MR) is 91.2 cm³/mol. The van der Waals surface area contributed by atoms with Crippen LogP contribution in [0.25, 0.3) is 0 Å². The van der Waals surface area contributed by atoms with Crippen LogP contribution in [-0.2, 0) is 13.0 Å². The summed E-state index contributed by atoms with van der Waals surface area (Å²) in [6.45, 7) is 4.95. The third-order valence-corrected chi connectivity index (χ3v) is 4.52. The highest BCUT2D eigenvalue weighted by Crippen LogP contribution is 2.17. The summed E-state index contributed by atoms with van der Waals surface area (Å²) in [5, 5.41) is 6.75. The predicted octanol–water partition coefficient (Wildman–Crippen LogP) is 3.26. The largest absolute Gasteiger partial charge is 0.345 e. The van der Waals surface area contributed by atoms with Crippen LogP contribution in [0.5, 0.6) is 0 Å². The zero-order valence-corrected chi connectivity index (χ0v) is 14.4. The van der Waals surface area contributed by atoms with E-state index in [1.54, 1.807) is 30.3 Å². The van der Waals surface area contributed by atoms with Crippen LogP contribution in [0.1, 0.15) is 46.5 Å². The van der Waals surface area contributed by atoms with E-state index in [0.717, 1.165) is 23.2 Å². The van der Waals surface area contributed by atoms with Gasteiger partial charge in [-0.25, -0.2) is 4.98 Å². The second-order valence-electron chi connectivity index (χ2n) is 5.52. The third-order valence-electron chi connectivity index (χ3n) is 3.51. The third kappa shape index (κ3) is 4.15. The zero-order chi connectivity index (χ0) is 16.1. The molecule has 0 aliphatic heterocycles. The van der Waals surface area contributed by atoms with E-state index in [2.05, 4.69) is 29.5 Å². The van der Waals surface area contributed by atoms with E-state index in [1.807, 2.05) is 24.3 Å². The summed E-state index contributed by atoms with van der Waals surface area (Å²) in [6, 6.07) is 7.95. The fourth-order valence-corrected chi connectivity index (χ4v) is 2.97. The number of hydrogen-bond acceptors (Lipinski definition) is 4. The van der Waals surface area contributed by atoms with Crippen LogP contribution in [0.2, 0.25) is 0 Å². The first kappa shape index (κ1) is 16.6. The van der Waals surface area contributed by atoms with Crippen LogP contribution in [-0.4, -0.2) is 29.9 Å². The molecule has 1 amide bonds. The fraction of sp³-hybridized carbons (Fsp3) is 0.412. The molecule has 4 nitrogen and oxygen atoms in total. The van der Waals surface area contributed by atoms with Crippen molar-refractivity contribution in [1.29, 1.82) is 0 Å². The second kappa shape index (κ2) is 7.51. The molecule has 1 heterocycles. The maximum absolute atomic E-state index is 12.0. The highest BCUT2D eigenvalue weighted by molar-refractivity contribution is 7.09. The summed E-state index contributed by atoms with van der Waals surface area (Å²) in [5.41, 5.74) is 2.91. The average Bonchev–Trinajstić information content (AvgIpc) is 3.01. The van der Waals surface area contributed by atoms with E-state index in [4.69, 9.17) is 0 Å². The highest BCUT2D eigenvalue weighted by atomic mass is 32.1. The lowest BCUT2D eigenvalue weighted by molar-refractivity contribution is 0.0827. The molecule has 1 atom stereocenters. The fourth-order valence-electron chi connectivity index (χ4n) is 2.13. The van der Waals surface area contributed by atoms with Crippen LogP contribution in [0.4, 0.5) is 0 Å². The summed E-state index contributed by atoms with van der Waals surface area (Å²) >= 11 is 1.71. The molecule has 1 N–H and O–H groups in total. The number of carbonyl (C=O) groups excluding carboxylic acids is 1. The van der Waals surface area contributed by atoms with E-state index in [0.29, 0.717) is 6.54 Å². The Labute approximate surface area is 136 Å². The topological polar surface area (TPSA) is 45.2 Å². The number of hydrogen-bond donors (Lipinski definition) is 1. The van der Waals surface area contributed by atoms with Gasteiger partial charge in [0, 0.05) is 37.6 Å². The van der Waals surface area contributed by atoms with Crippen LogP contribution in [0.15, 0.2) is 29.6 Å². The molecule has 0 saturated heterocycles. The summed E-state index contributed by atoms with van der Waals surface area (Å²) in [4.78, 5) is 18.2. The molecule has 0 aliphatic carbocycles. The molecule has 0 aliphatic rings. The molecule has 0 radical (unpaired) electrons. The maximum Gasteiger partial charge on any atom is 0.253 e. The van der Waals surface area contributed by atoms with Crippen molar-refractivity contribution < 1.29 is 4.79 Å². The number of carbonyl (C=O) groups is 1. The molecular weight excluding hydrogens is 294 g/mol. The summed E-state index contributed by atoms with van der Waals surface area (Å²) < 4.78 is 0. The SMILES string of the molecule is CCc1nc([C@H](C)NCc2cccc(C(=O)N(C)C)c2)cs1. The van der Waals surface area contributed by atoms with Gasteiger partial charge in [-0.3, -0.25) is 4.79 Å². The summed E-state index contributed by atoms with van der Waals surface area (Å²) in [5.74, 6) is 0.0296. The van der Waals surface area contributed by atoms with Gasteiger partial charge >= 0.3 is 0 Å². The van der Waals surface area contributed by atoms with Gasteiger partial charge in [0.05, 0.1) is 10.7 Å². The minimum Gasteiger partial charge on any atom is -0.345 e. The van der Waals surface area contributed by atoms with Gasteiger partial charge in [-0.2, -0.15) is 0 Å². The Bertz CT molecular complexity index is 636. The Kier molecular flexibility index (Phi) is 5.69. The minimum absolute atomic E-state index is 0.0296. The Balaban J connectivity index is 1.99. The van der Waals surface area contributed by atoms with Crippen molar-refractivity contribution in [3.8, 4) is 0 Å². The van der Waals surface area contributed by atoms with Gasteiger partial charge in [-0.1, -0.05) is 19.1 Å². The molecule has 5 heteroatoms. The molecule has 118 valence electrons. The van der Waals surface area contributed by atoms with E-state index >= 15 is 0 Å². The molecule has 1 aromatic carbocycles. The van der Waals surface area contributed by atoms with Gasteiger partial charge in [-0.15, -0.1) is 11.3 Å². The van der Waals surface area contributed by atoms with Gasteiger partial charge in [0.25, 0.3) is 5.91 Å². The molecule has 1 aromatic heterocycles. The Morgan fingerprint density at radius 1 is 1.41 bits per heavy atom. The number of benzene rings is 1. The van der Waals surface area contributed by atoms with Gasteiger partial charge < -0.3 is 10.2 Å². The van der Waals surface area contributed by atoms with E-state index < -0.39 is 0 Å². The van der Waals surface area contributed by atoms with Gasteiger partial charge in [-0.05, 0) is 31.0 Å². The number of rotatable bonds is 6. The molecule has 2 aromatic rings. The van der Waals surface area contributed by atoms with Crippen LogP contribution >= 0.6 is 11.3 Å². The van der Waals surface area contributed by atoms with Crippen molar-refractivity contribution in [2.75, 3.05) is 14.1 Å². The van der Waals surface area contributed by atoms with Crippen LogP contribution in [0.3, 0.4) is 0 Å². The number of thiazole rings is 1.